The minimum atomic E-state index is -1.03. The number of rotatable bonds is 9. The van der Waals surface area contributed by atoms with E-state index in [1.54, 1.807) is 0 Å². The van der Waals surface area contributed by atoms with E-state index in [4.69, 9.17) is 10.6 Å². The maximum atomic E-state index is 14.3. The summed E-state index contributed by atoms with van der Waals surface area (Å²) in [6.45, 7) is -0.469. The fourth-order valence-corrected chi connectivity index (χ4v) is 8.43. The lowest BCUT2D eigenvalue weighted by atomic mass is 9.76. The highest BCUT2D eigenvalue weighted by Crippen LogP contribution is 2.49. The van der Waals surface area contributed by atoms with Crippen LogP contribution in [0.3, 0.4) is 0 Å². The van der Waals surface area contributed by atoms with Gasteiger partial charge >= 0.3 is 5.97 Å². The van der Waals surface area contributed by atoms with Crippen LogP contribution in [0.25, 0.3) is 11.0 Å². The topological polar surface area (TPSA) is 140 Å². The Hall–Kier alpha value is -3.27. The Morgan fingerprint density at radius 2 is 1.71 bits per heavy atom. The van der Waals surface area contributed by atoms with Gasteiger partial charge in [0.2, 0.25) is 0 Å². The fourth-order valence-electron chi connectivity index (χ4n) is 8.43. The molecule has 1 aromatic heterocycles. The number of carbonyl (C=O) groups excluding carboxylic acids is 1. The van der Waals surface area contributed by atoms with Gasteiger partial charge in [0.25, 0.3) is 11.5 Å². The molecule has 0 radical (unpaired) electrons. The van der Waals surface area contributed by atoms with Crippen molar-refractivity contribution in [1.82, 2.24) is 14.5 Å². The third kappa shape index (κ3) is 5.76. The third-order valence-electron chi connectivity index (χ3n) is 9.93. The molecule has 2 unspecified atom stereocenters. The lowest BCUT2D eigenvalue weighted by Gasteiger charge is -2.46. The second kappa shape index (κ2) is 11.9. The van der Waals surface area contributed by atoms with Gasteiger partial charge in [-0.3, -0.25) is 19.3 Å². The van der Waals surface area contributed by atoms with Crippen molar-refractivity contribution >= 4 is 28.6 Å². The van der Waals surface area contributed by atoms with Crippen molar-refractivity contribution in [3.63, 3.8) is 0 Å². The highest BCUT2D eigenvalue weighted by atomic mass is 16.6. The summed E-state index contributed by atoms with van der Waals surface area (Å²) in [7, 11) is 0. The zero-order valence-corrected chi connectivity index (χ0v) is 23.6. The molecular weight excluding hydrogens is 522 g/mol. The lowest BCUT2D eigenvalue weighted by Crippen LogP contribution is -2.51. The molecule has 2 saturated heterocycles. The van der Waals surface area contributed by atoms with E-state index in [9.17, 15) is 19.5 Å². The number of hydrogen-bond donors (Lipinski definition) is 2. The van der Waals surface area contributed by atoms with Crippen molar-refractivity contribution in [2.75, 3.05) is 6.61 Å². The minimum absolute atomic E-state index is 0.00198. The molecular formula is C31H41N5O5. The molecule has 10 nitrogen and oxygen atoms in total. The van der Waals surface area contributed by atoms with Crippen LogP contribution in [-0.4, -0.2) is 61.9 Å². The summed E-state index contributed by atoms with van der Waals surface area (Å²) < 4.78 is 1.92. The van der Waals surface area contributed by atoms with Crippen LogP contribution < -0.4 is 11.3 Å². The van der Waals surface area contributed by atoms with Gasteiger partial charge < -0.3 is 20.2 Å². The molecule has 10 heteroatoms. The molecule has 3 N–H and O–H groups in total. The van der Waals surface area contributed by atoms with Crippen LogP contribution in [-0.2, 0) is 14.4 Å². The normalized spacial score (nSPS) is 30.2. The molecule has 3 heterocycles. The first-order chi connectivity index (χ1) is 19.9. The summed E-state index contributed by atoms with van der Waals surface area (Å²) in [6, 6.07) is 8.96. The molecule has 220 valence electrons. The maximum Gasteiger partial charge on any atom is 0.303 e. The number of nitrogens with zero attached hydrogens (tertiary/aromatic N) is 4. The van der Waals surface area contributed by atoms with E-state index < -0.39 is 18.5 Å². The molecule has 5 atom stereocenters. The van der Waals surface area contributed by atoms with E-state index >= 15 is 0 Å². The van der Waals surface area contributed by atoms with Gasteiger partial charge in [-0.05, 0) is 62.5 Å². The number of oxime groups is 1. The molecule has 0 spiro atoms. The van der Waals surface area contributed by atoms with Crippen LogP contribution in [0.5, 0.6) is 0 Å². The number of fused-ring (bicyclic) bond motifs is 5. The number of aromatic nitrogens is 2. The van der Waals surface area contributed by atoms with E-state index in [0.29, 0.717) is 17.6 Å². The highest BCUT2D eigenvalue weighted by molar-refractivity contribution is 6.00. The van der Waals surface area contributed by atoms with Gasteiger partial charge in [0.1, 0.15) is 5.71 Å². The SMILES string of the molecule is NC(=O)CO/N=C(\CCC(=O)O)c1nc2ccccc2n([C@@H]2C[C@@H]3CCC[C@H]2N3C2CC3CCCCC(C3)C2)c1=O. The van der Waals surface area contributed by atoms with Crippen LogP contribution in [0.2, 0.25) is 0 Å². The van der Waals surface area contributed by atoms with E-state index in [2.05, 4.69) is 15.0 Å². The summed E-state index contributed by atoms with van der Waals surface area (Å²) in [4.78, 5) is 49.6. The van der Waals surface area contributed by atoms with Crippen LogP contribution in [0.15, 0.2) is 34.2 Å². The van der Waals surface area contributed by atoms with Gasteiger partial charge in [-0.15, -0.1) is 0 Å². The second-order valence-corrected chi connectivity index (χ2v) is 12.6. The number of primary amides is 1. The zero-order chi connectivity index (χ0) is 28.5. The quantitative estimate of drug-likeness (QED) is 0.347. The summed E-state index contributed by atoms with van der Waals surface area (Å²) >= 11 is 0. The number of hydrogen-bond acceptors (Lipinski definition) is 7. The number of nitrogens with two attached hydrogens (primary N) is 1. The standard InChI is InChI=1S/C31H41N5O5/c32-28(37)18-41-34-24(12-13-29(38)39)30-31(40)36(25-10-4-3-9-23(25)33-30)27-17-21-8-5-11-26(27)35(21)22-15-19-6-1-2-7-20(14-19)16-22/h3-4,9-10,19-22,26-27H,1-2,5-8,11-18H2,(H2,32,37)(H,38,39)/b34-24+/t19?,20?,21-,22?,26+,27+/m0/s1. The fraction of sp³-hybridized carbons (Fsp3) is 0.645. The van der Waals surface area contributed by atoms with Crippen LogP contribution in [0, 0.1) is 11.8 Å². The number of para-hydroxylation sites is 2. The van der Waals surface area contributed by atoms with Crippen molar-refractivity contribution in [3.8, 4) is 0 Å². The Kier molecular flexibility index (Phi) is 8.10. The molecule has 2 aliphatic carbocycles. The van der Waals surface area contributed by atoms with Crippen LogP contribution in [0.1, 0.15) is 95.2 Å². The van der Waals surface area contributed by atoms with Crippen LogP contribution in [0.4, 0.5) is 0 Å². The molecule has 4 aliphatic rings. The largest absolute Gasteiger partial charge is 0.481 e. The van der Waals surface area contributed by atoms with E-state index in [1.807, 2.05) is 28.8 Å². The molecule has 6 rings (SSSR count). The number of carbonyl (C=O) groups is 2. The summed E-state index contributed by atoms with van der Waals surface area (Å²) in [5.74, 6) is -0.0888. The van der Waals surface area contributed by atoms with Crippen molar-refractivity contribution in [2.45, 2.75) is 108 Å². The first-order valence-electron chi connectivity index (χ1n) is 15.4. The molecule has 4 fully saturated rings. The van der Waals surface area contributed by atoms with Crippen molar-refractivity contribution in [2.24, 2.45) is 22.7 Å². The second-order valence-electron chi connectivity index (χ2n) is 12.6. The van der Waals surface area contributed by atoms with Crippen molar-refractivity contribution in [3.05, 3.63) is 40.3 Å². The highest BCUT2D eigenvalue weighted by Gasteiger charge is 2.49. The predicted octanol–water partition coefficient (Wildman–Crippen LogP) is 3.99. The number of benzene rings is 1. The van der Waals surface area contributed by atoms with Gasteiger partial charge in [-0.2, -0.15) is 0 Å². The third-order valence-corrected chi connectivity index (χ3v) is 9.93. The van der Waals surface area contributed by atoms with Gasteiger partial charge in [-0.1, -0.05) is 49.4 Å². The molecule has 2 aliphatic heterocycles. The molecule has 1 amide bonds. The van der Waals surface area contributed by atoms with Crippen LogP contribution >= 0.6 is 0 Å². The van der Waals surface area contributed by atoms with Gasteiger partial charge in [0.15, 0.2) is 12.3 Å². The number of aliphatic carboxylic acids is 1. The summed E-state index contributed by atoms with van der Waals surface area (Å²) in [5, 5.41) is 13.3. The van der Waals surface area contributed by atoms with Crippen molar-refractivity contribution < 1.29 is 19.5 Å². The molecule has 1 aromatic carbocycles. The minimum Gasteiger partial charge on any atom is -0.481 e. The Bertz CT molecular complexity index is 1370. The number of carboxylic acids is 1. The zero-order valence-electron chi connectivity index (χ0n) is 23.6. The Morgan fingerprint density at radius 1 is 0.951 bits per heavy atom. The summed E-state index contributed by atoms with van der Waals surface area (Å²) in [5.41, 5.74) is 6.54. The lowest BCUT2D eigenvalue weighted by molar-refractivity contribution is -0.136. The first-order valence-corrected chi connectivity index (χ1v) is 15.4. The molecule has 4 bridgehead atoms. The Labute approximate surface area is 239 Å². The van der Waals surface area contributed by atoms with E-state index in [-0.39, 0.29) is 41.9 Å². The Balaban J connectivity index is 1.39. The number of amides is 1. The van der Waals surface area contributed by atoms with E-state index in [0.717, 1.165) is 36.6 Å². The van der Waals surface area contributed by atoms with E-state index in [1.165, 1.54) is 51.4 Å². The maximum absolute atomic E-state index is 14.3. The number of piperidine rings is 1. The summed E-state index contributed by atoms with van der Waals surface area (Å²) in [6.07, 6.45) is 13.4. The van der Waals surface area contributed by atoms with Gasteiger partial charge in [0, 0.05) is 24.5 Å². The van der Waals surface area contributed by atoms with Gasteiger partial charge in [-0.25, -0.2) is 4.98 Å². The Morgan fingerprint density at radius 3 is 2.44 bits per heavy atom. The number of carboxylic acid groups (broad SMARTS) is 1. The monoisotopic (exact) mass is 563 g/mol. The molecule has 41 heavy (non-hydrogen) atoms. The molecule has 2 saturated carbocycles. The average molecular weight is 564 g/mol. The molecule has 2 aromatic rings. The first kappa shape index (κ1) is 27.9. The van der Waals surface area contributed by atoms with Crippen molar-refractivity contribution in [1.29, 1.82) is 0 Å². The predicted molar refractivity (Wildman–Crippen MR) is 155 cm³/mol. The smallest absolute Gasteiger partial charge is 0.303 e. The van der Waals surface area contributed by atoms with Gasteiger partial charge in [0.05, 0.1) is 23.5 Å². The average Bonchev–Trinajstić information content (AvgIpc) is 3.05.